The van der Waals surface area contributed by atoms with Crippen molar-refractivity contribution >= 4 is 34.0 Å². The van der Waals surface area contributed by atoms with Gasteiger partial charge in [-0.1, -0.05) is 11.3 Å². The van der Waals surface area contributed by atoms with Crippen LogP contribution in [0.4, 0.5) is 10.6 Å². The molecule has 1 unspecified atom stereocenters. The lowest BCUT2D eigenvalue weighted by Gasteiger charge is -2.37. The number of rotatable bonds is 2. The van der Waals surface area contributed by atoms with Crippen molar-refractivity contribution in [2.45, 2.75) is 19.9 Å². The SMILES string of the molecule is Cc1nnc(-c2cc3cc(NC(=O)N4CCN(C)C(C)C4)ncc3cn2)s1. The van der Waals surface area contributed by atoms with Gasteiger partial charge in [-0.25, -0.2) is 9.78 Å². The first-order chi connectivity index (χ1) is 13.0. The molecule has 1 fully saturated rings. The first-order valence-electron chi connectivity index (χ1n) is 8.82. The number of amides is 2. The van der Waals surface area contributed by atoms with E-state index in [1.807, 2.05) is 24.0 Å². The molecule has 1 aliphatic rings. The van der Waals surface area contributed by atoms with Gasteiger partial charge in [0.2, 0.25) is 0 Å². The molecule has 27 heavy (non-hydrogen) atoms. The maximum absolute atomic E-state index is 12.6. The molecule has 3 aromatic heterocycles. The normalized spacial score (nSPS) is 18.0. The molecular formula is C18H21N7OS. The van der Waals surface area contributed by atoms with Gasteiger partial charge in [0.05, 0.1) is 0 Å². The summed E-state index contributed by atoms with van der Waals surface area (Å²) in [6.45, 7) is 6.33. The molecule has 0 bridgehead atoms. The minimum absolute atomic E-state index is 0.115. The fourth-order valence-electron chi connectivity index (χ4n) is 3.04. The lowest BCUT2D eigenvalue weighted by atomic mass is 10.2. The average Bonchev–Trinajstić information content (AvgIpc) is 3.09. The Labute approximate surface area is 161 Å². The number of aromatic nitrogens is 4. The van der Waals surface area contributed by atoms with Gasteiger partial charge in [0.1, 0.15) is 16.5 Å². The maximum Gasteiger partial charge on any atom is 0.323 e. The molecule has 0 saturated carbocycles. The van der Waals surface area contributed by atoms with Crippen LogP contribution in [-0.4, -0.2) is 68.7 Å². The van der Waals surface area contributed by atoms with E-state index < -0.39 is 0 Å². The third-order valence-electron chi connectivity index (χ3n) is 4.83. The summed E-state index contributed by atoms with van der Waals surface area (Å²) in [7, 11) is 2.08. The number of pyridine rings is 2. The molecule has 0 spiro atoms. The number of nitrogens with zero attached hydrogens (tertiary/aromatic N) is 6. The fraction of sp³-hybridized carbons (Fsp3) is 0.389. The molecule has 8 nitrogen and oxygen atoms in total. The number of likely N-dealkylation sites (N-methyl/N-ethyl adjacent to an activating group) is 1. The Balaban J connectivity index is 1.54. The van der Waals surface area contributed by atoms with Gasteiger partial charge in [0.15, 0.2) is 5.01 Å². The van der Waals surface area contributed by atoms with Crippen molar-refractivity contribution in [2.24, 2.45) is 0 Å². The van der Waals surface area contributed by atoms with Crippen LogP contribution < -0.4 is 5.32 Å². The summed E-state index contributed by atoms with van der Waals surface area (Å²) in [5.41, 5.74) is 0.768. The molecule has 1 aliphatic heterocycles. The second kappa shape index (κ2) is 7.16. The van der Waals surface area contributed by atoms with E-state index in [2.05, 4.69) is 44.4 Å². The molecule has 9 heteroatoms. The largest absolute Gasteiger partial charge is 0.323 e. The zero-order valence-corrected chi connectivity index (χ0v) is 16.3. The highest BCUT2D eigenvalue weighted by Gasteiger charge is 2.24. The molecule has 1 saturated heterocycles. The number of carbonyl (C=O) groups excluding carboxylic acids is 1. The second-order valence-corrected chi connectivity index (χ2v) is 8.00. The van der Waals surface area contributed by atoms with Gasteiger partial charge in [-0.15, -0.1) is 10.2 Å². The van der Waals surface area contributed by atoms with Crippen LogP contribution in [0.1, 0.15) is 11.9 Å². The van der Waals surface area contributed by atoms with Crippen LogP contribution in [0.2, 0.25) is 0 Å². The summed E-state index contributed by atoms with van der Waals surface area (Å²) in [6.07, 6.45) is 3.49. The van der Waals surface area contributed by atoms with E-state index >= 15 is 0 Å². The highest BCUT2D eigenvalue weighted by molar-refractivity contribution is 7.14. The number of hydrogen-bond acceptors (Lipinski definition) is 7. The minimum Gasteiger partial charge on any atom is -0.322 e. The van der Waals surface area contributed by atoms with E-state index in [4.69, 9.17) is 0 Å². The van der Waals surface area contributed by atoms with Crippen LogP contribution >= 0.6 is 11.3 Å². The number of nitrogens with one attached hydrogen (secondary N) is 1. The van der Waals surface area contributed by atoms with Crippen LogP contribution in [0.5, 0.6) is 0 Å². The van der Waals surface area contributed by atoms with Crippen molar-refractivity contribution in [1.29, 1.82) is 0 Å². The van der Waals surface area contributed by atoms with E-state index in [1.165, 1.54) is 11.3 Å². The van der Waals surface area contributed by atoms with Crippen LogP contribution in [0.25, 0.3) is 21.5 Å². The zero-order valence-electron chi connectivity index (χ0n) is 15.5. The van der Waals surface area contributed by atoms with Gasteiger partial charge < -0.3 is 9.80 Å². The van der Waals surface area contributed by atoms with Gasteiger partial charge >= 0.3 is 6.03 Å². The second-order valence-electron chi connectivity index (χ2n) is 6.82. The Morgan fingerprint density at radius 3 is 2.74 bits per heavy atom. The van der Waals surface area contributed by atoms with E-state index in [1.54, 1.807) is 12.4 Å². The predicted octanol–water partition coefficient (Wildman–Crippen LogP) is 2.62. The zero-order chi connectivity index (χ0) is 19.0. The van der Waals surface area contributed by atoms with Crippen LogP contribution in [0, 0.1) is 6.92 Å². The lowest BCUT2D eigenvalue weighted by molar-refractivity contribution is 0.125. The van der Waals surface area contributed by atoms with Crippen LogP contribution in [0.3, 0.4) is 0 Å². The predicted molar refractivity (Wildman–Crippen MR) is 106 cm³/mol. The maximum atomic E-state index is 12.6. The third kappa shape index (κ3) is 3.74. The number of fused-ring (bicyclic) bond motifs is 1. The van der Waals surface area contributed by atoms with E-state index in [0.717, 1.165) is 33.0 Å². The number of anilines is 1. The Hall–Kier alpha value is -2.65. The molecule has 0 radical (unpaired) electrons. The Kier molecular flexibility index (Phi) is 4.71. The monoisotopic (exact) mass is 383 g/mol. The van der Waals surface area contributed by atoms with E-state index in [0.29, 0.717) is 24.9 Å². The molecular weight excluding hydrogens is 362 g/mol. The van der Waals surface area contributed by atoms with Gasteiger partial charge in [0.25, 0.3) is 0 Å². The molecule has 0 aromatic carbocycles. The third-order valence-corrected chi connectivity index (χ3v) is 5.69. The van der Waals surface area contributed by atoms with Gasteiger partial charge in [-0.3, -0.25) is 10.3 Å². The summed E-state index contributed by atoms with van der Waals surface area (Å²) in [4.78, 5) is 25.4. The molecule has 4 heterocycles. The molecule has 3 aromatic rings. The topological polar surface area (TPSA) is 87.1 Å². The summed E-state index contributed by atoms with van der Waals surface area (Å²) < 4.78 is 0. The van der Waals surface area contributed by atoms with Gasteiger partial charge in [-0.2, -0.15) is 0 Å². The number of hydrogen-bond donors (Lipinski definition) is 1. The van der Waals surface area contributed by atoms with Crippen molar-refractivity contribution in [3.8, 4) is 10.7 Å². The van der Waals surface area contributed by atoms with Crippen molar-refractivity contribution in [3.05, 3.63) is 29.5 Å². The van der Waals surface area contributed by atoms with Crippen molar-refractivity contribution in [3.63, 3.8) is 0 Å². The van der Waals surface area contributed by atoms with Crippen LogP contribution in [-0.2, 0) is 0 Å². The first kappa shape index (κ1) is 17.7. The molecule has 2 amide bonds. The Morgan fingerprint density at radius 2 is 2.00 bits per heavy atom. The van der Waals surface area contributed by atoms with Gasteiger partial charge in [-0.05, 0) is 38.4 Å². The summed E-state index contributed by atoms with van der Waals surface area (Å²) >= 11 is 1.50. The Bertz CT molecular complexity index is 989. The minimum atomic E-state index is -0.115. The van der Waals surface area contributed by atoms with E-state index in [-0.39, 0.29) is 6.03 Å². The van der Waals surface area contributed by atoms with Gasteiger partial charge in [0, 0.05) is 43.5 Å². The highest BCUT2D eigenvalue weighted by Crippen LogP contribution is 2.25. The molecule has 4 rings (SSSR count). The highest BCUT2D eigenvalue weighted by atomic mass is 32.1. The summed E-state index contributed by atoms with van der Waals surface area (Å²) in [6, 6.07) is 4.05. The molecule has 1 N–H and O–H groups in total. The molecule has 0 aliphatic carbocycles. The van der Waals surface area contributed by atoms with E-state index in [9.17, 15) is 4.79 Å². The van der Waals surface area contributed by atoms with Crippen molar-refractivity contribution in [2.75, 3.05) is 32.0 Å². The number of carbonyl (C=O) groups is 1. The fourth-order valence-corrected chi connectivity index (χ4v) is 3.70. The average molecular weight is 383 g/mol. The molecule has 140 valence electrons. The molecule has 1 atom stereocenters. The van der Waals surface area contributed by atoms with Crippen LogP contribution in [0.15, 0.2) is 24.5 Å². The Morgan fingerprint density at radius 1 is 1.19 bits per heavy atom. The smallest absolute Gasteiger partial charge is 0.322 e. The quantitative estimate of drug-likeness (QED) is 0.732. The first-order valence-corrected chi connectivity index (χ1v) is 9.64. The lowest BCUT2D eigenvalue weighted by Crippen LogP contribution is -2.53. The van der Waals surface area contributed by atoms with Crippen molar-refractivity contribution < 1.29 is 4.79 Å². The summed E-state index contributed by atoms with van der Waals surface area (Å²) in [5.74, 6) is 0.532. The number of urea groups is 1. The number of aryl methyl sites for hydroxylation is 1. The number of piperazine rings is 1. The van der Waals surface area contributed by atoms with Crippen molar-refractivity contribution in [1.82, 2.24) is 30.0 Å². The summed E-state index contributed by atoms with van der Waals surface area (Å²) in [5, 5.41) is 14.6. The standard InChI is InChI=1S/C18H21N7OS/c1-11-10-25(5-4-24(11)3)18(26)21-16-7-13-6-15(17-23-22-12(2)27-17)19-8-14(13)9-20-16/h6-9,11H,4-5,10H2,1-3H3,(H,20,21,26).